The van der Waals surface area contributed by atoms with Crippen molar-refractivity contribution >= 4 is 17.5 Å². The van der Waals surface area contributed by atoms with E-state index >= 15 is 0 Å². The Morgan fingerprint density at radius 1 is 1.17 bits per heavy atom. The zero-order chi connectivity index (χ0) is 17.0. The van der Waals surface area contributed by atoms with Gasteiger partial charge in [0.15, 0.2) is 0 Å². The van der Waals surface area contributed by atoms with Crippen LogP contribution in [0.15, 0.2) is 48.5 Å². The molecule has 126 valence electrons. The molecular weight excluding hydrogens is 329 g/mol. The van der Waals surface area contributed by atoms with E-state index in [0.29, 0.717) is 24.8 Å². The number of rotatable bonds is 4. The van der Waals surface area contributed by atoms with Crippen molar-refractivity contribution in [3.05, 3.63) is 70.5 Å². The number of carbonyl (C=O) groups is 1. The van der Waals surface area contributed by atoms with Crippen molar-refractivity contribution < 1.29 is 13.9 Å². The van der Waals surface area contributed by atoms with Gasteiger partial charge >= 0.3 is 0 Å². The standard InChI is InChI=1S/C19H19ClFNO2/c20-15-6-7-17(21)16(12-15)18(23)22-13-19(8-10-24-11-9-19)14-4-2-1-3-5-14/h1-7,12H,8-11,13H2,(H,22,23). The summed E-state index contributed by atoms with van der Waals surface area (Å²) < 4.78 is 19.3. The molecule has 2 aromatic rings. The SMILES string of the molecule is O=C(NCC1(c2ccccc2)CCOCC1)c1cc(Cl)ccc1F. The van der Waals surface area contributed by atoms with Crippen LogP contribution >= 0.6 is 11.6 Å². The number of halogens is 2. The number of hydrogen-bond donors (Lipinski definition) is 1. The van der Waals surface area contributed by atoms with E-state index in [-0.39, 0.29) is 11.0 Å². The maximum Gasteiger partial charge on any atom is 0.254 e. The second kappa shape index (κ2) is 7.32. The van der Waals surface area contributed by atoms with Gasteiger partial charge in [-0.25, -0.2) is 4.39 Å². The summed E-state index contributed by atoms with van der Waals surface area (Å²) >= 11 is 5.87. The highest BCUT2D eigenvalue weighted by atomic mass is 35.5. The largest absolute Gasteiger partial charge is 0.381 e. The monoisotopic (exact) mass is 347 g/mol. The number of amides is 1. The summed E-state index contributed by atoms with van der Waals surface area (Å²) in [4.78, 5) is 12.4. The van der Waals surface area contributed by atoms with Gasteiger partial charge in [-0.05, 0) is 36.6 Å². The Balaban J connectivity index is 1.79. The molecule has 0 spiro atoms. The first kappa shape index (κ1) is 16.9. The molecule has 0 radical (unpaired) electrons. The fraction of sp³-hybridized carbons (Fsp3) is 0.316. The molecule has 5 heteroatoms. The summed E-state index contributed by atoms with van der Waals surface area (Å²) in [5.41, 5.74) is 0.947. The Morgan fingerprint density at radius 3 is 2.58 bits per heavy atom. The summed E-state index contributed by atoms with van der Waals surface area (Å²) in [5.74, 6) is -1.02. The van der Waals surface area contributed by atoms with Crippen molar-refractivity contribution in [1.82, 2.24) is 5.32 Å². The molecule has 1 aliphatic rings. The molecule has 0 aliphatic carbocycles. The van der Waals surface area contributed by atoms with Crippen LogP contribution in [0.3, 0.4) is 0 Å². The molecule has 0 aromatic heterocycles. The van der Waals surface area contributed by atoms with Gasteiger partial charge in [-0.2, -0.15) is 0 Å². The minimum absolute atomic E-state index is 0.0298. The highest BCUT2D eigenvalue weighted by Gasteiger charge is 2.35. The van der Waals surface area contributed by atoms with Crippen LogP contribution in [0.1, 0.15) is 28.8 Å². The van der Waals surface area contributed by atoms with Crippen molar-refractivity contribution in [2.75, 3.05) is 19.8 Å². The average Bonchev–Trinajstić information content (AvgIpc) is 2.63. The maximum absolute atomic E-state index is 13.9. The lowest BCUT2D eigenvalue weighted by atomic mass is 9.74. The average molecular weight is 348 g/mol. The molecule has 0 bridgehead atoms. The molecule has 2 aromatic carbocycles. The summed E-state index contributed by atoms with van der Waals surface area (Å²) in [6, 6.07) is 14.1. The van der Waals surface area contributed by atoms with Gasteiger partial charge in [-0.1, -0.05) is 41.9 Å². The fourth-order valence-corrected chi connectivity index (χ4v) is 3.31. The van der Waals surface area contributed by atoms with Gasteiger partial charge < -0.3 is 10.1 Å². The predicted molar refractivity (Wildman–Crippen MR) is 91.9 cm³/mol. The van der Waals surface area contributed by atoms with Gasteiger partial charge in [-0.15, -0.1) is 0 Å². The lowest BCUT2D eigenvalue weighted by molar-refractivity contribution is 0.0487. The first-order valence-electron chi connectivity index (χ1n) is 7.97. The van der Waals surface area contributed by atoms with Crippen molar-refractivity contribution in [1.29, 1.82) is 0 Å². The first-order chi connectivity index (χ1) is 11.6. The normalized spacial score (nSPS) is 16.6. The van der Waals surface area contributed by atoms with Crippen molar-refractivity contribution in [2.45, 2.75) is 18.3 Å². The highest BCUT2D eigenvalue weighted by molar-refractivity contribution is 6.31. The maximum atomic E-state index is 13.9. The van der Waals surface area contributed by atoms with E-state index in [0.717, 1.165) is 12.8 Å². The van der Waals surface area contributed by atoms with E-state index in [4.69, 9.17) is 16.3 Å². The van der Waals surface area contributed by atoms with E-state index < -0.39 is 11.7 Å². The van der Waals surface area contributed by atoms with Crippen LogP contribution in [0, 0.1) is 5.82 Å². The molecule has 24 heavy (non-hydrogen) atoms. The molecule has 1 fully saturated rings. The van der Waals surface area contributed by atoms with E-state index in [1.54, 1.807) is 0 Å². The van der Waals surface area contributed by atoms with Gasteiger partial charge in [0.2, 0.25) is 0 Å². The van der Waals surface area contributed by atoms with E-state index in [2.05, 4.69) is 17.4 Å². The van der Waals surface area contributed by atoms with Crippen molar-refractivity contribution in [2.24, 2.45) is 0 Å². The number of carbonyl (C=O) groups excluding carboxylic acids is 1. The number of ether oxygens (including phenoxy) is 1. The van der Waals surface area contributed by atoms with Gasteiger partial charge in [-0.3, -0.25) is 4.79 Å². The number of hydrogen-bond acceptors (Lipinski definition) is 2. The smallest absolute Gasteiger partial charge is 0.254 e. The molecule has 1 N–H and O–H groups in total. The van der Waals surface area contributed by atoms with E-state index in [1.165, 1.54) is 23.8 Å². The zero-order valence-corrected chi connectivity index (χ0v) is 14.0. The molecule has 0 unspecified atom stereocenters. The van der Waals surface area contributed by atoms with E-state index in [1.807, 2.05) is 18.2 Å². The Bertz CT molecular complexity index is 715. The van der Waals surface area contributed by atoms with Crippen LogP contribution in [0.5, 0.6) is 0 Å². The lowest BCUT2D eigenvalue weighted by Gasteiger charge is -2.38. The Labute approximate surface area is 145 Å². The van der Waals surface area contributed by atoms with Gasteiger partial charge in [0.25, 0.3) is 5.91 Å². The molecule has 3 nitrogen and oxygen atoms in total. The van der Waals surface area contributed by atoms with Crippen LogP contribution in [-0.4, -0.2) is 25.7 Å². The van der Waals surface area contributed by atoms with Crippen molar-refractivity contribution in [3.63, 3.8) is 0 Å². The molecule has 1 heterocycles. The van der Waals surface area contributed by atoms with Gasteiger partial charge in [0.1, 0.15) is 5.82 Å². The number of benzene rings is 2. The fourth-order valence-electron chi connectivity index (χ4n) is 3.14. The summed E-state index contributed by atoms with van der Waals surface area (Å²) in [6.07, 6.45) is 1.63. The van der Waals surface area contributed by atoms with E-state index in [9.17, 15) is 9.18 Å². The molecule has 1 amide bonds. The molecule has 0 atom stereocenters. The predicted octanol–water partition coefficient (Wildman–Crippen LogP) is 3.96. The topological polar surface area (TPSA) is 38.3 Å². The zero-order valence-electron chi connectivity index (χ0n) is 13.2. The quantitative estimate of drug-likeness (QED) is 0.909. The minimum atomic E-state index is -0.572. The Morgan fingerprint density at radius 2 is 1.88 bits per heavy atom. The second-order valence-corrected chi connectivity index (χ2v) is 6.50. The second-order valence-electron chi connectivity index (χ2n) is 6.07. The molecular formula is C19H19ClFNO2. The Hall–Kier alpha value is -1.91. The summed E-state index contributed by atoms with van der Waals surface area (Å²) in [6.45, 7) is 1.73. The lowest BCUT2D eigenvalue weighted by Crippen LogP contribution is -2.44. The molecule has 3 rings (SSSR count). The van der Waals surface area contributed by atoms with Crippen LogP contribution in [0.2, 0.25) is 5.02 Å². The van der Waals surface area contributed by atoms with Gasteiger partial charge in [0, 0.05) is 30.2 Å². The highest BCUT2D eigenvalue weighted by Crippen LogP contribution is 2.34. The molecule has 0 saturated carbocycles. The van der Waals surface area contributed by atoms with Crippen molar-refractivity contribution in [3.8, 4) is 0 Å². The van der Waals surface area contributed by atoms with Crippen LogP contribution in [0.25, 0.3) is 0 Å². The summed E-state index contributed by atoms with van der Waals surface area (Å²) in [7, 11) is 0. The third kappa shape index (κ3) is 3.60. The van der Waals surface area contributed by atoms with Crippen LogP contribution < -0.4 is 5.32 Å². The first-order valence-corrected chi connectivity index (χ1v) is 8.35. The Kier molecular flexibility index (Phi) is 5.17. The third-order valence-electron chi connectivity index (χ3n) is 4.60. The van der Waals surface area contributed by atoms with Crippen LogP contribution in [0.4, 0.5) is 4.39 Å². The third-order valence-corrected chi connectivity index (χ3v) is 4.83. The van der Waals surface area contributed by atoms with Gasteiger partial charge in [0.05, 0.1) is 5.56 Å². The molecule has 1 saturated heterocycles. The van der Waals surface area contributed by atoms with Crippen LogP contribution in [-0.2, 0) is 10.2 Å². The summed E-state index contributed by atoms with van der Waals surface area (Å²) in [5, 5.41) is 3.22. The number of nitrogens with one attached hydrogen (secondary N) is 1. The molecule has 1 aliphatic heterocycles. The minimum Gasteiger partial charge on any atom is -0.381 e.